The van der Waals surface area contributed by atoms with Crippen LogP contribution in [-0.2, 0) is 14.3 Å². The Balaban J connectivity index is 1.61. The summed E-state index contributed by atoms with van der Waals surface area (Å²) in [4.78, 5) is 23.7. The lowest BCUT2D eigenvalue weighted by Crippen LogP contribution is -2.60. The van der Waals surface area contributed by atoms with Gasteiger partial charge in [-0.2, -0.15) is 0 Å². The highest BCUT2D eigenvalue weighted by atomic mass is 16.7. The lowest BCUT2D eigenvalue weighted by atomic mass is 9.99. The minimum absolute atomic E-state index is 0.286. The fourth-order valence-electron chi connectivity index (χ4n) is 2.73. The van der Waals surface area contributed by atoms with Crippen LogP contribution in [0.25, 0.3) is 6.08 Å². The second kappa shape index (κ2) is 9.62. The smallest absolute Gasteiger partial charge is 0.330 e. The first-order valence-corrected chi connectivity index (χ1v) is 9.06. The highest BCUT2D eigenvalue weighted by Gasteiger charge is 2.45. The Morgan fingerprint density at radius 2 is 1.84 bits per heavy atom. The topological polar surface area (TPSA) is 176 Å². The van der Waals surface area contributed by atoms with Gasteiger partial charge in [0.05, 0.1) is 6.26 Å². The summed E-state index contributed by atoms with van der Waals surface area (Å²) in [5, 5.41) is 48.9. The molecule has 0 saturated carbocycles. The Hall–Kier alpha value is -3.38. The lowest BCUT2D eigenvalue weighted by Gasteiger charge is -2.39. The van der Waals surface area contributed by atoms with Gasteiger partial charge >= 0.3 is 5.97 Å². The molecule has 11 nitrogen and oxygen atoms in total. The number of rotatable bonds is 6. The van der Waals surface area contributed by atoms with Crippen molar-refractivity contribution in [2.45, 2.75) is 30.7 Å². The third-order valence-electron chi connectivity index (χ3n) is 4.43. The van der Waals surface area contributed by atoms with Crippen LogP contribution in [0.2, 0.25) is 0 Å². The van der Waals surface area contributed by atoms with Crippen molar-refractivity contribution in [2.24, 2.45) is 0 Å². The zero-order valence-electron chi connectivity index (χ0n) is 15.9. The summed E-state index contributed by atoms with van der Waals surface area (Å²) < 4.78 is 20.4. The minimum Gasteiger partial charge on any atom is -0.504 e. The Labute approximate surface area is 175 Å². The van der Waals surface area contributed by atoms with E-state index in [1.165, 1.54) is 24.3 Å². The van der Waals surface area contributed by atoms with Gasteiger partial charge in [-0.25, -0.2) is 4.79 Å². The number of carbonyl (C=O) groups excluding carboxylic acids is 1. The Morgan fingerprint density at radius 1 is 1.06 bits per heavy atom. The summed E-state index contributed by atoms with van der Waals surface area (Å²) in [5.74, 6) is -1.79. The fourth-order valence-corrected chi connectivity index (χ4v) is 2.73. The predicted octanol–water partition coefficient (Wildman–Crippen LogP) is -0.506. The number of phenols is 2. The van der Waals surface area contributed by atoms with Gasteiger partial charge in [0.15, 0.2) is 11.5 Å². The molecule has 1 saturated heterocycles. The maximum Gasteiger partial charge on any atom is 0.330 e. The van der Waals surface area contributed by atoms with Crippen molar-refractivity contribution in [1.82, 2.24) is 0 Å². The van der Waals surface area contributed by atoms with Gasteiger partial charge in [-0.1, -0.05) is 6.07 Å². The number of benzene rings is 1. The summed E-state index contributed by atoms with van der Waals surface area (Å²) in [5.41, 5.74) is -0.147. The Kier molecular flexibility index (Phi) is 6.92. The zero-order valence-corrected chi connectivity index (χ0v) is 15.9. The average molecular weight is 436 g/mol. The van der Waals surface area contributed by atoms with Crippen molar-refractivity contribution in [1.29, 1.82) is 0 Å². The van der Waals surface area contributed by atoms with Gasteiger partial charge in [0.25, 0.3) is 0 Å². The number of hydrogen-bond donors (Lipinski definition) is 5. The number of aliphatic hydroxyl groups is 3. The Morgan fingerprint density at radius 3 is 2.55 bits per heavy atom. The number of hydrogen-bond acceptors (Lipinski definition) is 11. The zero-order chi connectivity index (χ0) is 22.5. The molecule has 0 amide bonds. The average Bonchev–Trinajstić information content (AvgIpc) is 2.75. The Bertz CT molecular complexity index is 999. The SMILES string of the molecule is O=C(/C=C/c1ccc(O)c(O)c1)OC[C@@H]1O[C@H](Oc2coccc2=O)[C@@H](O)[C@H](O)[C@H]1O. The van der Waals surface area contributed by atoms with Gasteiger partial charge in [0.2, 0.25) is 17.5 Å². The largest absolute Gasteiger partial charge is 0.504 e. The van der Waals surface area contributed by atoms with E-state index in [0.717, 1.165) is 24.7 Å². The first-order valence-electron chi connectivity index (χ1n) is 9.06. The molecule has 5 N–H and O–H groups in total. The summed E-state index contributed by atoms with van der Waals surface area (Å²) >= 11 is 0. The molecule has 0 spiro atoms. The summed E-state index contributed by atoms with van der Waals surface area (Å²) in [6.07, 6.45) is -3.34. The molecule has 0 bridgehead atoms. The van der Waals surface area contributed by atoms with Crippen molar-refractivity contribution in [3.63, 3.8) is 0 Å². The van der Waals surface area contributed by atoms with Gasteiger partial charge < -0.3 is 44.2 Å². The van der Waals surface area contributed by atoms with E-state index in [9.17, 15) is 35.1 Å². The molecule has 0 unspecified atom stereocenters. The molecular formula is C20H20O11. The normalized spacial score (nSPS) is 26.0. The molecule has 2 aromatic rings. The highest BCUT2D eigenvalue weighted by molar-refractivity contribution is 5.87. The molecular weight excluding hydrogens is 416 g/mol. The second-order valence-corrected chi connectivity index (χ2v) is 6.63. The molecule has 1 aromatic heterocycles. The van der Waals surface area contributed by atoms with E-state index in [1.807, 2.05) is 0 Å². The highest BCUT2D eigenvalue weighted by Crippen LogP contribution is 2.26. The number of esters is 1. The molecule has 5 atom stereocenters. The molecule has 0 aliphatic carbocycles. The van der Waals surface area contributed by atoms with Crippen LogP contribution in [-0.4, -0.2) is 68.8 Å². The van der Waals surface area contributed by atoms with Crippen LogP contribution in [0.4, 0.5) is 0 Å². The van der Waals surface area contributed by atoms with E-state index in [2.05, 4.69) is 0 Å². The first-order chi connectivity index (χ1) is 14.8. The van der Waals surface area contributed by atoms with Crippen LogP contribution in [0.5, 0.6) is 17.2 Å². The van der Waals surface area contributed by atoms with Crippen molar-refractivity contribution >= 4 is 12.0 Å². The standard InChI is InChI=1S/C20H20O11/c21-11-3-1-10(7-13(11)23)2-4-16(24)29-9-15-17(25)18(26)19(27)20(31-15)30-14-8-28-6-5-12(14)22/h1-8,15,17-21,23,25-27H,9H2/b4-2+/t15-,17-,18+,19-,20-/m0/s1. The van der Waals surface area contributed by atoms with Crippen LogP contribution in [0.3, 0.4) is 0 Å². The minimum atomic E-state index is -1.70. The quantitative estimate of drug-likeness (QED) is 0.224. The van der Waals surface area contributed by atoms with Gasteiger partial charge in [0, 0.05) is 12.1 Å². The van der Waals surface area contributed by atoms with Crippen molar-refractivity contribution in [3.8, 4) is 17.2 Å². The maximum atomic E-state index is 11.9. The van der Waals surface area contributed by atoms with Crippen molar-refractivity contribution < 1.29 is 49.0 Å². The molecule has 166 valence electrons. The van der Waals surface area contributed by atoms with Gasteiger partial charge in [-0.3, -0.25) is 4.79 Å². The van der Waals surface area contributed by atoms with E-state index in [0.29, 0.717) is 5.56 Å². The molecule has 31 heavy (non-hydrogen) atoms. The van der Waals surface area contributed by atoms with Crippen LogP contribution in [0.15, 0.2) is 52.1 Å². The summed E-state index contributed by atoms with van der Waals surface area (Å²) in [6.45, 7) is -0.502. The molecule has 1 aliphatic heterocycles. The van der Waals surface area contributed by atoms with E-state index >= 15 is 0 Å². The van der Waals surface area contributed by atoms with Crippen LogP contribution >= 0.6 is 0 Å². The molecule has 2 heterocycles. The molecule has 3 rings (SSSR count). The third kappa shape index (κ3) is 5.41. The summed E-state index contributed by atoms with van der Waals surface area (Å²) in [6, 6.07) is 5.00. The summed E-state index contributed by atoms with van der Waals surface area (Å²) in [7, 11) is 0. The van der Waals surface area contributed by atoms with Gasteiger partial charge in [-0.15, -0.1) is 0 Å². The first kappa shape index (κ1) is 22.3. The van der Waals surface area contributed by atoms with Crippen LogP contribution in [0.1, 0.15) is 5.56 Å². The molecule has 0 radical (unpaired) electrons. The van der Waals surface area contributed by atoms with E-state index in [-0.39, 0.29) is 17.2 Å². The number of phenolic OH excluding ortho intramolecular Hbond substituents is 2. The van der Waals surface area contributed by atoms with Crippen molar-refractivity contribution in [2.75, 3.05) is 6.61 Å². The maximum absolute atomic E-state index is 11.9. The van der Waals surface area contributed by atoms with Gasteiger partial charge in [0.1, 0.15) is 37.3 Å². The molecule has 1 aliphatic rings. The molecule has 11 heteroatoms. The second-order valence-electron chi connectivity index (χ2n) is 6.63. The third-order valence-corrected chi connectivity index (χ3v) is 4.43. The van der Waals surface area contributed by atoms with Gasteiger partial charge in [-0.05, 0) is 23.8 Å². The molecule has 1 aromatic carbocycles. The number of ether oxygens (including phenoxy) is 3. The predicted molar refractivity (Wildman–Crippen MR) is 102 cm³/mol. The van der Waals surface area contributed by atoms with Crippen LogP contribution < -0.4 is 10.2 Å². The number of aliphatic hydroxyl groups excluding tert-OH is 3. The van der Waals surface area contributed by atoms with E-state index < -0.39 is 48.7 Å². The monoisotopic (exact) mass is 436 g/mol. The number of carbonyl (C=O) groups is 1. The van der Waals surface area contributed by atoms with Crippen molar-refractivity contribution in [3.05, 3.63) is 58.7 Å². The lowest BCUT2D eigenvalue weighted by molar-refractivity contribution is -0.278. The van der Waals surface area contributed by atoms with Crippen LogP contribution in [0, 0.1) is 0 Å². The fraction of sp³-hybridized carbons (Fsp3) is 0.300. The molecule has 1 fully saturated rings. The number of aromatic hydroxyl groups is 2. The van der Waals surface area contributed by atoms with E-state index in [4.69, 9.17) is 18.6 Å². The van der Waals surface area contributed by atoms with E-state index in [1.54, 1.807) is 0 Å².